The van der Waals surface area contributed by atoms with Crippen molar-refractivity contribution in [2.75, 3.05) is 6.54 Å². The van der Waals surface area contributed by atoms with Crippen LogP contribution in [0.2, 0.25) is 0 Å². The highest BCUT2D eigenvalue weighted by Gasteiger charge is 2.59. The Morgan fingerprint density at radius 3 is 1.83 bits per heavy atom. The van der Waals surface area contributed by atoms with E-state index in [4.69, 9.17) is 0 Å². The second-order valence-electron chi connectivity index (χ2n) is 8.68. The van der Waals surface area contributed by atoms with Crippen LogP contribution in [0.5, 0.6) is 0 Å². The Kier molecular flexibility index (Phi) is 2.31. The van der Waals surface area contributed by atoms with Gasteiger partial charge in [-0.2, -0.15) is 0 Å². The topological polar surface area (TPSA) is 12.0 Å². The summed E-state index contributed by atoms with van der Waals surface area (Å²) in [7, 11) is 0. The van der Waals surface area contributed by atoms with Crippen molar-refractivity contribution in [3.05, 3.63) is 0 Å². The van der Waals surface area contributed by atoms with Crippen LogP contribution in [-0.4, -0.2) is 12.1 Å². The van der Waals surface area contributed by atoms with Crippen LogP contribution in [0, 0.1) is 35.0 Å². The van der Waals surface area contributed by atoms with Gasteiger partial charge in [0.1, 0.15) is 0 Å². The van der Waals surface area contributed by atoms with Crippen LogP contribution in [0.1, 0.15) is 59.3 Å². The van der Waals surface area contributed by atoms with Crippen LogP contribution in [0.3, 0.4) is 0 Å². The Morgan fingerprint density at radius 1 is 0.833 bits per heavy atom. The first kappa shape index (κ1) is 11.8. The summed E-state index contributed by atoms with van der Waals surface area (Å²) in [6.45, 7) is 8.78. The van der Waals surface area contributed by atoms with Crippen LogP contribution in [0.25, 0.3) is 0 Å². The van der Waals surface area contributed by atoms with Crippen LogP contribution in [-0.2, 0) is 0 Å². The van der Waals surface area contributed by atoms with Crippen molar-refractivity contribution in [2.24, 2.45) is 35.0 Å². The van der Waals surface area contributed by atoms with Gasteiger partial charge in [0.2, 0.25) is 0 Å². The molecule has 4 aliphatic carbocycles. The highest BCUT2D eigenvalue weighted by molar-refractivity contribution is 5.11. The first-order chi connectivity index (χ1) is 8.49. The van der Waals surface area contributed by atoms with E-state index < -0.39 is 0 Å². The van der Waals surface area contributed by atoms with Gasteiger partial charge in [0.15, 0.2) is 0 Å². The van der Waals surface area contributed by atoms with E-state index in [1.54, 1.807) is 32.1 Å². The van der Waals surface area contributed by atoms with E-state index in [0.717, 1.165) is 29.6 Å². The van der Waals surface area contributed by atoms with Crippen LogP contribution in [0.15, 0.2) is 0 Å². The van der Waals surface area contributed by atoms with Gasteiger partial charge in [0, 0.05) is 5.54 Å². The van der Waals surface area contributed by atoms with E-state index in [-0.39, 0.29) is 0 Å². The van der Waals surface area contributed by atoms with Crippen molar-refractivity contribution in [1.82, 2.24) is 5.32 Å². The lowest BCUT2D eigenvalue weighted by Crippen LogP contribution is -2.57. The third-order valence-corrected chi connectivity index (χ3v) is 7.60. The average molecular weight is 247 g/mol. The summed E-state index contributed by atoms with van der Waals surface area (Å²) in [5.74, 6) is 5.40. The second kappa shape index (κ2) is 3.53. The quantitative estimate of drug-likeness (QED) is 0.742. The fourth-order valence-electron chi connectivity index (χ4n) is 6.70. The summed E-state index contributed by atoms with van der Waals surface area (Å²) in [5, 5.41) is 3.80. The first-order valence-electron chi connectivity index (χ1n) is 8.24. The van der Waals surface area contributed by atoms with E-state index >= 15 is 0 Å². The van der Waals surface area contributed by atoms with Crippen molar-refractivity contribution >= 4 is 0 Å². The SMILES string of the molecule is CC1(C)NCCC1(C)C1C2CC3CC(C2)CC1C3. The molecule has 0 radical (unpaired) electrons. The lowest BCUT2D eigenvalue weighted by Gasteiger charge is -2.61. The molecular formula is C17H29N. The van der Waals surface area contributed by atoms with E-state index in [1.165, 1.54) is 13.0 Å². The van der Waals surface area contributed by atoms with Crippen molar-refractivity contribution in [2.45, 2.75) is 64.8 Å². The second-order valence-corrected chi connectivity index (χ2v) is 8.68. The zero-order chi connectivity index (χ0) is 12.5. The molecular weight excluding hydrogens is 218 g/mol. The van der Waals surface area contributed by atoms with E-state index in [0.29, 0.717) is 11.0 Å². The molecule has 0 aromatic heterocycles. The average Bonchev–Trinajstić information content (AvgIpc) is 2.52. The van der Waals surface area contributed by atoms with Crippen molar-refractivity contribution in [1.29, 1.82) is 0 Å². The maximum absolute atomic E-state index is 3.80. The Hall–Kier alpha value is -0.0400. The molecule has 1 aliphatic heterocycles. The fourth-order valence-corrected chi connectivity index (χ4v) is 6.70. The first-order valence-corrected chi connectivity index (χ1v) is 8.24. The Labute approximate surface area is 112 Å². The Bertz CT molecular complexity index is 331. The minimum atomic E-state index is 0.354. The van der Waals surface area contributed by atoms with Gasteiger partial charge in [-0.05, 0) is 93.9 Å². The van der Waals surface area contributed by atoms with Gasteiger partial charge in [-0.1, -0.05) is 6.92 Å². The van der Waals surface area contributed by atoms with Gasteiger partial charge in [-0.25, -0.2) is 0 Å². The molecule has 0 spiro atoms. The van der Waals surface area contributed by atoms with E-state index in [9.17, 15) is 0 Å². The fraction of sp³-hybridized carbons (Fsp3) is 1.00. The normalized spacial score (nSPS) is 57.2. The molecule has 0 aromatic rings. The minimum absolute atomic E-state index is 0.354. The lowest BCUT2D eigenvalue weighted by molar-refractivity contribution is -0.106. The predicted molar refractivity (Wildman–Crippen MR) is 75.3 cm³/mol. The molecule has 5 aliphatic rings. The van der Waals surface area contributed by atoms with Gasteiger partial charge in [-0.15, -0.1) is 0 Å². The van der Waals surface area contributed by atoms with Gasteiger partial charge >= 0.3 is 0 Å². The number of hydrogen-bond acceptors (Lipinski definition) is 1. The number of nitrogens with one attached hydrogen (secondary N) is 1. The van der Waals surface area contributed by atoms with Gasteiger partial charge < -0.3 is 5.32 Å². The molecule has 1 saturated heterocycles. The molecule has 4 bridgehead atoms. The highest BCUT2D eigenvalue weighted by Crippen LogP contribution is 2.64. The van der Waals surface area contributed by atoms with E-state index in [2.05, 4.69) is 26.1 Å². The summed E-state index contributed by atoms with van der Waals surface area (Å²) >= 11 is 0. The smallest absolute Gasteiger partial charge is 0.0182 e. The molecule has 0 amide bonds. The Morgan fingerprint density at radius 2 is 1.39 bits per heavy atom. The van der Waals surface area contributed by atoms with Crippen LogP contribution < -0.4 is 5.32 Å². The van der Waals surface area contributed by atoms with Crippen molar-refractivity contribution in [3.8, 4) is 0 Å². The molecule has 5 rings (SSSR count). The van der Waals surface area contributed by atoms with Crippen LogP contribution >= 0.6 is 0 Å². The third kappa shape index (κ3) is 1.38. The molecule has 1 unspecified atom stereocenters. The molecule has 18 heavy (non-hydrogen) atoms. The number of rotatable bonds is 1. The van der Waals surface area contributed by atoms with Crippen molar-refractivity contribution in [3.63, 3.8) is 0 Å². The minimum Gasteiger partial charge on any atom is -0.311 e. The van der Waals surface area contributed by atoms with Crippen LogP contribution in [0.4, 0.5) is 0 Å². The summed E-state index contributed by atoms with van der Waals surface area (Å²) in [6, 6.07) is 0. The summed E-state index contributed by atoms with van der Waals surface area (Å²) in [5.41, 5.74) is 0.905. The maximum Gasteiger partial charge on any atom is 0.0182 e. The third-order valence-electron chi connectivity index (χ3n) is 7.60. The largest absolute Gasteiger partial charge is 0.311 e. The zero-order valence-electron chi connectivity index (χ0n) is 12.3. The standard InChI is InChI=1S/C17H29N/c1-16(2)17(3,4-5-18-16)15-13-7-11-6-12(9-13)10-14(15)8-11/h11-15,18H,4-10H2,1-3H3. The molecule has 1 atom stereocenters. The van der Waals surface area contributed by atoms with E-state index in [1.807, 2.05) is 0 Å². The number of hydrogen-bond donors (Lipinski definition) is 1. The highest BCUT2D eigenvalue weighted by atomic mass is 15.0. The molecule has 1 N–H and O–H groups in total. The monoisotopic (exact) mass is 247 g/mol. The molecule has 102 valence electrons. The predicted octanol–water partition coefficient (Wildman–Crippen LogP) is 3.84. The Balaban J connectivity index is 1.69. The van der Waals surface area contributed by atoms with Gasteiger partial charge in [0.25, 0.3) is 0 Å². The maximum atomic E-state index is 3.80. The molecule has 1 nitrogen and oxygen atoms in total. The molecule has 0 aromatic carbocycles. The summed E-state index contributed by atoms with van der Waals surface area (Å²) < 4.78 is 0. The molecule has 1 heterocycles. The van der Waals surface area contributed by atoms with Gasteiger partial charge in [-0.3, -0.25) is 0 Å². The molecule has 5 fully saturated rings. The summed E-state index contributed by atoms with van der Waals surface area (Å²) in [4.78, 5) is 0. The molecule has 4 saturated carbocycles. The molecule has 1 heteroatoms. The zero-order valence-corrected chi connectivity index (χ0v) is 12.3. The summed E-state index contributed by atoms with van der Waals surface area (Å²) in [6.07, 6.45) is 9.28. The van der Waals surface area contributed by atoms with Gasteiger partial charge in [0.05, 0.1) is 0 Å². The lowest BCUT2D eigenvalue weighted by atomic mass is 9.44. The van der Waals surface area contributed by atoms with Crippen molar-refractivity contribution < 1.29 is 0 Å².